The Morgan fingerprint density at radius 3 is 2.29 bits per heavy atom. The molecule has 0 fully saturated rings. The molecule has 1 N–H and O–H groups in total. The third kappa shape index (κ3) is 7.32. The topological polar surface area (TPSA) is 85.4 Å². The van der Waals surface area contributed by atoms with E-state index in [9.17, 15) is 13.2 Å². The van der Waals surface area contributed by atoms with Crippen LogP contribution in [0.4, 0.5) is 5.13 Å². The van der Waals surface area contributed by atoms with E-state index in [0.29, 0.717) is 10.9 Å². The number of carbonyl (C=O) groups is 1. The van der Waals surface area contributed by atoms with Crippen LogP contribution in [0.25, 0.3) is 11.3 Å². The van der Waals surface area contributed by atoms with Gasteiger partial charge in [-0.1, -0.05) is 31.9 Å². The molecule has 0 saturated heterocycles. The highest BCUT2D eigenvalue weighted by molar-refractivity contribution is 7.98. The van der Waals surface area contributed by atoms with Crippen LogP contribution in [0.2, 0.25) is 0 Å². The highest BCUT2D eigenvalue weighted by Gasteiger charge is 2.24. The molecule has 3 aromatic rings. The van der Waals surface area contributed by atoms with Crippen LogP contribution in [0.1, 0.15) is 51.8 Å². The molecule has 188 valence electrons. The molecule has 0 radical (unpaired) electrons. The van der Waals surface area contributed by atoms with E-state index in [-0.39, 0.29) is 10.9 Å². The number of rotatable bonds is 10. The smallest absolute Gasteiger partial charge is 0.316 e. The first-order valence-corrected chi connectivity index (χ1v) is 15.0. The van der Waals surface area contributed by atoms with Gasteiger partial charge in [-0.2, -0.15) is 0 Å². The van der Waals surface area contributed by atoms with Gasteiger partial charge in [0, 0.05) is 15.3 Å². The first kappa shape index (κ1) is 27.2. The fourth-order valence-electron chi connectivity index (χ4n) is 3.20. The van der Waals surface area contributed by atoms with Crippen LogP contribution in [0.3, 0.4) is 0 Å². The first-order chi connectivity index (χ1) is 16.5. The number of ether oxygens (including phenoxy) is 1. The first-order valence-electron chi connectivity index (χ1n) is 11.5. The molecule has 9 heteroatoms. The number of thiazole rings is 1. The quantitative estimate of drug-likeness (QED) is 0.131. The van der Waals surface area contributed by atoms with E-state index >= 15 is 0 Å². The molecule has 0 bridgehead atoms. The van der Waals surface area contributed by atoms with Crippen molar-refractivity contribution in [2.24, 2.45) is 5.41 Å². The van der Waals surface area contributed by atoms with Crippen LogP contribution in [-0.2, 0) is 21.2 Å². The molecule has 0 aliphatic carbocycles. The van der Waals surface area contributed by atoms with Crippen LogP contribution in [0, 0.1) is 5.41 Å². The van der Waals surface area contributed by atoms with Gasteiger partial charge in [0.2, 0.25) is 0 Å². The average Bonchev–Trinajstić information content (AvgIpc) is 3.20. The number of sulfonamides is 1. The van der Waals surface area contributed by atoms with Gasteiger partial charge in [0.1, 0.15) is 5.75 Å². The normalized spacial score (nSPS) is 11.9. The Bertz CT molecular complexity index is 1240. The Hall–Kier alpha value is -2.36. The molecule has 6 nitrogen and oxygen atoms in total. The summed E-state index contributed by atoms with van der Waals surface area (Å²) < 4.78 is 34.0. The fraction of sp³-hybridized carbons (Fsp3) is 0.385. The van der Waals surface area contributed by atoms with Crippen molar-refractivity contribution < 1.29 is 17.9 Å². The second-order valence-corrected chi connectivity index (χ2v) is 12.8. The van der Waals surface area contributed by atoms with Crippen LogP contribution in [0.5, 0.6) is 5.75 Å². The minimum absolute atomic E-state index is 0.0710. The number of esters is 1. The zero-order valence-corrected chi connectivity index (χ0v) is 23.2. The summed E-state index contributed by atoms with van der Waals surface area (Å²) >= 11 is 3.05. The van der Waals surface area contributed by atoms with Crippen molar-refractivity contribution in [3.05, 3.63) is 53.4 Å². The van der Waals surface area contributed by atoms with Crippen molar-refractivity contribution in [3.8, 4) is 17.0 Å². The lowest BCUT2D eigenvalue weighted by molar-refractivity contribution is -0.143. The van der Waals surface area contributed by atoms with Gasteiger partial charge in [-0.25, -0.2) is 13.4 Å². The summed E-state index contributed by atoms with van der Waals surface area (Å²) in [6, 6.07) is 14.0. The number of hydrogen-bond donors (Lipinski definition) is 1. The molecule has 0 amide bonds. The fourth-order valence-corrected chi connectivity index (χ4v) is 5.86. The van der Waals surface area contributed by atoms with Crippen molar-refractivity contribution in [2.45, 2.75) is 63.2 Å². The van der Waals surface area contributed by atoms with Crippen LogP contribution in [0.15, 0.2) is 58.3 Å². The minimum atomic E-state index is -3.85. The third-order valence-electron chi connectivity index (χ3n) is 5.25. The number of thioether (sulfide) groups is 1. The summed E-state index contributed by atoms with van der Waals surface area (Å²) in [5.74, 6) is -0.0879. The van der Waals surface area contributed by atoms with E-state index in [1.54, 1.807) is 32.5 Å². The Morgan fingerprint density at radius 2 is 1.71 bits per heavy atom. The zero-order chi connectivity index (χ0) is 25.6. The summed E-state index contributed by atoms with van der Waals surface area (Å²) in [5, 5.41) is 0.337. The van der Waals surface area contributed by atoms with Gasteiger partial charge in [-0.05, 0) is 76.3 Å². The largest absolute Gasteiger partial charge is 0.426 e. The molecule has 0 atom stereocenters. The van der Waals surface area contributed by atoms with E-state index in [4.69, 9.17) is 4.74 Å². The maximum absolute atomic E-state index is 13.0. The van der Waals surface area contributed by atoms with Gasteiger partial charge < -0.3 is 4.74 Å². The molecule has 0 spiro atoms. The van der Waals surface area contributed by atoms with Gasteiger partial charge in [-0.3, -0.25) is 9.52 Å². The molecule has 35 heavy (non-hydrogen) atoms. The molecular weight excluding hydrogens is 500 g/mol. The van der Waals surface area contributed by atoms with Crippen molar-refractivity contribution in [2.75, 3.05) is 11.0 Å². The molecule has 0 saturated carbocycles. The van der Waals surface area contributed by atoms with E-state index in [0.717, 1.165) is 46.7 Å². The number of anilines is 1. The number of benzene rings is 2. The monoisotopic (exact) mass is 532 g/mol. The SMILES string of the molecule is CCCCCc1sc(NS(=O)(=O)c2ccc(OC(=O)C(C)(C)C)cc2)nc1-c1ccc(SC)cc1. The van der Waals surface area contributed by atoms with E-state index in [1.807, 2.05) is 30.5 Å². The summed E-state index contributed by atoms with van der Waals surface area (Å²) in [6.07, 6.45) is 6.12. The van der Waals surface area contributed by atoms with Crippen LogP contribution < -0.4 is 9.46 Å². The maximum atomic E-state index is 13.0. The number of nitrogens with one attached hydrogen (secondary N) is 1. The Kier molecular flexibility index (Phi) is 9.01. The van der Waals surface area contributed by atoms with Gasteiger partial charge in [0.05, 0.1) is 16.0 Å². The van der Waals surface area contributed by atoms with Gasteiger partial charge >= 0.3 is 5.97 Å². The summed E-state index contributed by atoms with van der Waals surface area (Å²) in [5.41, 5.74) is 1.14. The van der Waals surface area contributed by atoms with Crippen molar-refractivity contribution >= 4 is 44.2 Å². The number of nitrogens with zero attached hydrogens (tertiary/aromatic N) is 1. The number of aryl methyl sites for hydroxylation is 1. The van der Waals surface area contributed by atoms with Gasteiger partial charge in [0.25, 0.3) is 10.0 Å². The molecule has 2 aromatic carbocycles. The molecule has 0 aliphatic rings. The second-order valence-electron chi connectivity index (χ2n) is 9.19. The predicted octanol–water partition coefficient (Wildman–Crippen LogP) is 7.02. The standard InChI is InChI=1S/C26H32N2O4S3/c1-6-7-8-9-22-23(18-10-14-20(33-5)15-11-18)27-25(34-22)28-35(30,31)21-16-12-19(13-17-21)32-24(29)26(2,3)4/h10-17H,6-9H2,1-5H3,(H,27,28). The van der Waals surface area contributed by atoms with Crippen LogP contribution in [-0.4, -0.2) is 25.6 Å². The highest BCUT2D eigenvalue weighted by Crippen LogP contribution is 2.34. The molecule has 3 rings (SSSR count). The lowest BCUT2D eigenvalue weighted by atomic mass is 9.97. The van der Waals surface area contributed by atoms with E-state index in [2.05, 4.69) is 16.6 Å². The number of carbonyl (C=O) groups excluding carboxylic acids is 1. The number of hydrogen-bond acceptors (Lipinski definition) is 7. The maximum Gasteiger partial charge on any atom is 0.316 e. The molecule has 1 heterocycles. The molecule has 1 aromatic heterocycles. The Balaban J connectivity index is 1.83. The Labute approximate surface area is 216 Å². The summed E-state index contributed by atoms with van der Waals surface area (Å²) in [7, 11) is -3.85. The molecule has 0 unspecified atom stereocenters. The van der Waals surface area contributed by atoms with Gasteiger partial charge in [0.15, 0.2) is 5.13 Å². The third-order valence-corrected chi connectivity index (χ3v) is 8.51. The lowest BCUT2D eigenvalue weighted by Gasteiger charge is -2.16. The summed E-state index contributed by atoms with van der Waals surface area (Å²) in [4.78, 5) is 19.0. The lowest BCUT2D eigenvalue weighted by Crippen LogP contribution is -2.25. The highest BCUT2D eigenvalue weighted by atomic mass is 32.2. The van der Waals surface area contributed by atoms with Crippen molar-refractivity contribution in [3.63, 3.8) is 0 Å². The summed E-state index contributed by atoms with van der Waals surface area (Å²) in [6.45, 7) is 7.43. The number of unbranched alkanes of at least 4 members (excludes halogenated alkanes) is 2. The predicted molar refractivity (Wildman–Crippen MR) is 145 cm³/mol. The Morgan fingerprint density at radius 1 is 1.06 bits per heavy atom. The van der Waals surface area contributed by atoms with Crippen molar-refractivity contribution in [1.29, 1.82) is 0 Å². The molecular formula is C26H32N2O4S3. The second kappa shape index (κ2) is 11.6. The van der Waals surface area contributed by atoms with E-state index in [1.165, 1.54) is 35.6 Å². The number of aromatic nitrogens is 1. The molecule has 0 aliphatic heterocycles. The van der Waals surface area contributed by atoms with Crippen LogP contribution >= 0.6 is 23.1 Å². The zero-order valence-electron chi connectivity index (χ0n) is 20.8. The van der Waals surface area contributed by atoms with E-state index < -0.39 is 15.4 Å². The minimum Gasteiger partial charge on any atom is -0.426 e. The average molecular weight is 533 g/mol. The van der Waals surface area contributed by atoms with Gasteiger partial charge in [-0.15, -0.1) is 23.1 Å². The van der Waals surface area contributed by atoms with Crippen molar-refractivity contribution in [1.82, 2.24) is 4.98 Å².